The molecule has 3 atom stereocenters. The Labute approximate surface area is 133 Å². The second kappa shape index (κ2) is 8.93. The molecule has 114 valence electrons. The molecule has 3 unspecified atom stereocenters. The van der Waals surface area contributed by atoms with Crippen LogP contribution in [0.1, 0.15) is 38.3 Å². The summed E-state index contributed by atoms with van der Waals surface area (Å²) in [5, 5.41) is 0.774. The number of halogens is 1. The summed E-state index contributed by atoms with van der Waals surface area (Å²) in [6.07, 6.45) is 4.26. The number of thioether (sulfide) groups is 1. The minimum Gasteiger partial charge on any atom is -0.326 e. The van der Waals surface area contributed by atoms with Crippen molar-refractivity contribution in [3.05, 3.63) is 34.9 Å². The molecule has 0 bridgehead atoms. The number of benzene rings is 1. The van der Waals surface area contributed by atoms with E-state index in [0.29, 0.717) is 6.04 Å². The van der Waals surface area contributed by atoms with Gasteiger partial charge in [-0.1, -0.05) is 37.6 Å². The number of nitrogens with two attached hydrogens (primary N) is 1. The third-order valence-corrected chi connectivity index (χ3v) is 4.90. The monoisotopic (exact) mass is 314 g/mol. The Balaban J connectivity index is 3.02. The maximum absolute atomic E-state index is 6.40. The molecule has 1 aromatic rings. The molecule has 0 aliphatic carbocycles. The van der Waals surface area contributed by atoms with Crippen LogP contribution in [0.15, 0.2) is 24.3 Å². The van der Waals surface area contributed by atoms with Gasteiger partial charge >= 0.3 is 0 Å². The lowest BCUT2D eigenvalue weighted by Gasteiger charge is -2.38. The topological polar surface area (TPSA) is 29.3 Å². The van der Waals surface area contributed by atoms with E-state index in [1.807, 2.05) is 23.9 Å². The molecule has 0 spiro atoms. The SMILES string of the molecule is CCC(N)C(c1ccc(Cl)cc1)N(C)C(CC)CSC. The molecule has 2 N–H and O–H groups in total. The average molecular weight is 315 g/mol. The number of rotatable bonds is 8. The van der Waals surface area contributed by atoms with E-state index in [2.05, 4.69) is 44.2 Å². The fourth-order valence-electron chi connectivity index (χ4n) is 2.61. The van der Waals surface area contributed by atoms with Crippen molar-refractivity contribution in [2.45, 2.75) is 44.8 Å². The Hall–Kier alpha value is -0.220. The van der Waals surface area contributed by atoms with Crippen LogP contribution in [0, 0.1) is 0 Å². The minimum atomic E-state index is 0.136. The van der Waals surface area contributed by atoms with Gasteiger partial charge in [0.15, 0.2) is 0 Å². The molecular weight excluding hydrogens is 288 g/mol. The molecule has 0 aromatic heterocycles. The molecule has 0 amide bonds. The molecular formula is C16H27ClN2S. The molecule has 4 heteroatoms. The largest absolute Gasteiger partial charge is 0.326 e. The zero-order valence-electron chi connectivity index (χ0n) is 13.0. The molecule has 1 aromatic carbocycles. The molecule has 0 saturated heterocycles. The van der Waals surface area contributed by atoms with Crippen molar-refractivity contribution in [1.29, 1.82) is 0 Å². The van der Waals surface area contributed by atoms with Gasteiger partial charge in [0.1, 0.15) is 0 Å². The highest BCUT2D eigenvalue weighted by Gasteiger charge is 2.27. The van der Waals surface area contributed by atoms with E-state index in [4.69, 9.17) is 17.3 Å². The smallest absolute Gasteiger partial charge is 0.0499 e. The van der Waals surface area contributed by atoms with E-state index in [1.54, 1.807) is 0 Å². The van der Waals surface area contributed by atoms with Crippen molar-refractivity contribution in [3.8, 4) is 0 Å². The van der Waals surface area contributed by atoms with E-state index in [-0.39, 0.29) is 12.1 Å². The van der Waals surface area contributed by atoms with Gasteiger partial charge < -0.3 is 5.73 Å². The summed E-state index contributed by atoms with van der Waals surface area (Å²) in [5.41, 5.74) is 7.65. The van der Waals surface area contributed by atoms with Crippen LogP contribution in [-0.2, 0) is 0 Å². The fourth-order valence-corrected chi connectivity index (χ4v) is 3.59. The number of hydrogen-bond acceptors (Lipinski definition) is 3. The van der Waals surface area contributed by atoms with Crippen LogP contribution in [0.25, 0.3) is 0 Å². The van der Waals surface area contributed by atoms with E-state index < -0.39 is 0 Å². The van der Waals surface area contributed by atoms with Gasteiger partial charge in [-0.2, -0.15) is 11.8 Å². The predicted octanol–water partition coefficient (Wildman–Crippen LogP) is 4.19. The van der Waals surface area contributed by atoms with E-state index in [0.717, 1.165) is 23.6 Å². The Morgan fingerprint density at radius 1 is 1.20 bits per heavy atom. The highest BCUT2D eigenvalue weighted by molar-refractivity contribution is 7.98. The molecule has 2 nitrogen and oxygen atoms in total. The van der Waals surface area contributed by atoms with Crippen LogP contribution in [0.2, 0.25) is 5.02 Å². The molecule has 20 heavy (non-hydrogen) atoms. The highest BCUT2D eigenvalue weighted by Crippen LogP contribution is 2.28. The summed E-state index contributed by atoms with van der Waals surface area (Å²) in [6, 6.07) is 9.04. The van der Waals surface area contributed by atoms with Crippen LogP contribution in [0.5, 0.6) is 0 Å². The third kappa shape index (κ3) is 4.66. The third-order valence-electron chi connectivity index (χ3n) is 3.93. The van der Waals surface area contributed by atoms with Gasteiger partial charge in [0, 0.05) is 28.9 Å². The van der Waals surface area contributed by atoms with Crippen LogP contribution in [0.3, 0.4) is 0 Å². The molecule has 0 radical (unpaired) electrons. The lowest BCUT2D eigenvalue weighted by Crippen LogP contribution is -2.44. The van der Waals surface area contributed by atoms with Crippen molar-refractivity contribution < 1.29 is 0 Å². The Bertz CT molecular complexity index is 383. The summed E-state index contributed by atoms with van der Waals surface area (Å²) in [5.74, 6) is 1.13. The zero-order chi connectivity index (χ0) is 15.1. The van der Waals surface area contributed by atoms with Gasteiger partial charge in [-0.25, -0.2) is 0 Å². The van der Waals surface area contributed by atoms with Gasteiger partial charge in [0.2, 0.25) is 0 Å². The first-order valence-electron chi connectivity index (χ1n) is 7.27. The minimum absolute atomic E-state index is 0.136. The summed E-state index contributed by atoms with van der Waals surface area (Å²) >= 11 is 7.89. The second-order valence-corrected chi connectivity index (χ2v) is 6.60. The normalized spacial score (nSPS) is 16.1. The van der Waals surface area contributed by atoms with Gasteiger partial charge in [0.05, 0.1) is 0 Å². The standard InChI is InChI=1S/C16H27ClN2S/c1-5-14(11-20-4)19(3)16(15(18)6-2)12-7-9-13(17)10-8-12/h7-10,14-16H,5-6,11,18H2,1-4H3. The fraction of sp³-hybridized carbons (Fsp3) is 0.625. The lowest BCUT2D eigenvalue weighted by molar-refractivity contribution is 0.157. The molecule has 0 fully saturated rings. The zero-order valence-corrected chi connectivity index (χ0v) is 14.5. The van der Waals surface area contributed by atoms with Crippen LogP contribution < -0.4 is 5.73 Å². The average Bonchev–Trinajstić information content (AvgIpc) is 2.46. The van der Waals surface area contributed by atoms with Crippen molar-refractivity contribution >= 4 is 23.4 Å². The quantitative estimate of drug-likeness (QED) is 0.780. The van der Waals surface area contributed by atoms with Gasteiger partial charge in [-0.15, -0.1) is 0 Å². The Kier molecular flexibility index (Phi) is 7.96. The number of likely N-dealkylation sites (N-methyl/N-ethyl adjacent to an activating group) is 1. The summed E-state index contributed by atoms with van der Waals surface area (Å²) < 4.78 is 0. The van der Waals surface area contributed by atoms with Crippen LogP contribution in [-0.4, -0.2) is 36.0 Å². The van der Waals surface area contributed by atoms with Gasteiger partial charge in [-0.05, 0) is 43.8 Å². The maximum atomic E-state index is 6.40. The van der Waals surface area contributed by atoms with Crippen molar-refractivity contribution in [1.82, 2.24) is 4.90 Å². The molecule has 1 rings (SSSR count). The first kappa shape index (κ1) is 17.8. The molecule has 0 saturated carbocycles. The second-order valence-electron chi connectivity index (χ2n) is 5.25. The van der Waals surface area contributed by atoms with E-state index in [9.17, 15) is 0 Å². The molecule has 0 aliphatic heterocycles. The van der Waals surface area contributed by atoms with Gasteiger partial charge in [0.25, 0.3) is 0 Å². The summed E-state index contributed by atoms with van der Waals surface area (Å²) in [7, 11) is 2.19. The van der Waals surface area contributed by atoms with E-state index in [1.165, 1.54) is 5.56 Å². The summed E-state index contributed by atoms with van der Waals surface area (Å²) in [6.45, 7) is 4.39. The van der Waals surface area contributed by atoms with Crippen molar-refractivity contribution in [3.63, 3.8) is 0 Å². The Morgan fingerprint density at radius 3 is 2.25 bits per heavy atom. The molecule has 0 aliphatic rings. The van der Waals surface area contributed by atoms with Crippen molar-refractivity contribution in [2.24, 2.45) is 5.73 Å². The van der Waals surface area contributed by atoms with Crippen LogP contribution in [0.4, 0.5) is 0 Å². The number of nitrogens with zero attached hydrogens (tertiary/aromatic N) is 1. The predicted molar refractivity (Wildman–Crippen MR) is 92.7 cm³/mol. The van der Waals surface area contributed by atoms with Crippen molar-refractivity contribution in [2.75, 3.05) is 19.1 Å². The number of hydrogen-bond donors (Lipinski definition) is 1. The van der Waals surface area contributed by atoms with E-state index >= 15 is 0 Å². The maximum Gasteiger partial charge on any atom is 0.0499 e. The lowest BCUT2D eigenvalue weighted by atomic mass is 9.95. The summed E-state index contributed by atoms with van der Waals surface area (Å²) in [4.78, 5) is 2.44. The highest BCUT2D eigenvalue weighted by atomic mass is 35.5. The molecule has 0 heterocycles. The van der Waals surface area contributed by atoms with Gasteiger partial charge in [-0.3, -0.25) is 4.90 Å². The Morgan fingerprint density at radius 2 is 1.80 bits per heavy atom. The first-order chi connectivity index (χ1) is 9.54. The first-order valence-corrected chi connectivity index (χ1v) is 9.04. The van der Waals surface area contributed by atoms with Crippen LogP contribution >= 0.6 is 23.4 Å².